The summed E-state index contributed by atoms with van der Waals surface area (Å²) in [6.07, 6.45) is -2.25. The minimum atomic E-state index is -4.41. The van der Waals surface area contributed by atoms with Crippen molar-refractivity contribution in [2.45, 2.75) is 50.4 Å². The second kappa shape index (κ2) is 6.90. The van der Waals surface area contributed by atoms with Gasteiger partial charge in [-0.1, -0.05) is 17.7 Å². The lowest BCUT2D eigenvalue weighted by Gasteiger charge is -2.50. The number of nitrogens with one attached hydrogen (secondary N) is 2. The normalized spacial score (nSPS) is 33.7. The summed E-state index contributed by atoms with van der Waals surface area (Å²) >= 11 is 5.94. The lowest BCUT2D eigenvalue weighted by atomic mass is 9.67. The van der Waals surface area contributed by atoms with E-state index in [0.717, 1.165) is 29.0 Å². The fourth-order valence-corrected chi connectivity index (χ4v) is 5.32. The van der Waals surface area contributed by atoms with Crippen molar-refractivity contribution in [3.63, 3.8) is 0 Å². The van der Waals surface area contributed by atoms with Gasteiger partial charge in [-0.3, -0.25) is 15.6 Å². The van der Waals surface area contributed by atoms with Gasteiger partial charge in [0.1, 0.15) is 11.7 Å². The van der Waals surface area contributed by atoms with Gasteiger partial charge in [0.2, 0.25) is 5.91 Å². The van der Waals surface area contributed by atoms with Gasteiger partial charge in [-0.2, -0.15) is 13.2 Å². The van der Waals surface area contributed by atoms with Crippen LogP contribution in [0, 0.1) is 18.8 Å². The number of alkyl halides is 3. The number of hydrazine groups is 1. The number of hydrogen-bond donors (Lipinski definition) is 2. The van der Waals surface area contributed by atoms with E-state index in [4.69, 9.17) is 11.6 Å². The SMILES string of the molecule is Cc1nc(Cl)ccc1C1CCC2C3NNCC3C(=O)N(CC(F)(F)F)C2C1. The number of hydrogen-bond acceptors (Lipinski definition) is 4. The fourth-order valence-electron chi connectivity index (χ4n) is 5.13. The van der Waals surface area contributed by atoms with Crippen LogP contribution in [0.1, 0.15) is 36.4 Å². The molecule has 5 unspecified atom stereocenters. The van der Waals surface area contributed by atoms with E-state index >= 15 is 0 Å². The number of likely N-dealkylation sites (tertiary alicyclic amines) is 1. The van der Waals surface area contributed by atoms with Crippen molar-refractivity contribution in [3.05, 3.63) is 28.5 Å². The van der Waals surface area contributed by atoms with Gasteiger partial charge in [0, 0.05) is 24.3 Å². The van der Waals surface area contributed by atoms with Crippen LogP contribution < -0.4 is 10.9 Å². The van der Waals surface area contributed by atoms with Gasteiger partial charge >= 0.3 is 6.18 Å². The average molecular weight is 403 g/mol. The third kappa shape index (κ3) is 3.54. The molecule has 5 atom stereocenters. The molecular formula is C18H22ClF3N4O. The van der Waals surface area contributed by atoms with Gasteiger partial charge in [-0.25, -0.2) is 4.98 Å². The molecule has 3 aliphatic rings. The Hall–Kier alpha value is -1.38. The zero-order valence-corrected chi connectivity index (χ0v) is 15.6. The Labute approximate surface area is 160 Å². The molecule has 148 valence electrons. The lowest BCUT2D eigenvalue weighted by Crippen LogP contribution is -2.63. The van der Waals surface area contributed by atoms with Crippen molar-refractivity contribution < 1.29 is 18.0 Å². The minimum absolute atomic E-state index is 0.0156. The summed E-state index contributed by atoms with van der Waals surface area (Å²) in [7, 11) is 0. The highest BCUT2D eigenvalue weighted by Crippen LogP contribution is 2.45. The molecule has 3 fully saturated rings. The maximum Gasteiger partial charge on any atom is 0.406 e. The van der Waals surface area contributed by atoms with Gasteiger partial charge in [-0.05, 0) is 49.7 Å². The molecule has 1 aromatic heterocycles. The third-order valence-corrected chi connectivity index (χ3v) is 6.45. The molecule has 0 aromatic carbocycles. The van der Waals surface area contributed by atoms with Crippen LogP contribution in [0.2, 0.25) is 5.15 Å². The molecule has 0 bridgehead atoms. The van der Waals surface area contributed by atoms with Gasteiger partial charge in [0.05, 0.1) is 5.92 Å². The van der Waals surface area contributed by atoms with Crippen molar-refractivity contribution in [1.29, 1.82) is 0 Å². The maximum atomic E-state index is 13.2. The Morgan fingerprint density at radius 2 is 2.11 bits per heavy atom. The first kappa shape index (κ1) is 19.0. The van der Waals surface area contributed by atoms with Crippen LogP contribution in [0.3, 0.4) is 0 Å². The lowest BCUT2D eigenvalue weighted by molar-refractivity contribution is -0.178. The summed E-state index contributed by atoms with van der Waals surface area (Å²) in [5, 5.41) is 0.403. The molecule has 9 heteroatoms. The van der Waals surface area contributed by atoms with Crippen molar-refractivity contribution in [2.24, 2.45) is 11.8 Å². The first-order chi connectivity index (χ1) is 12.7. The number of rotatable bonds is 2. The standard InChI is InChI=1S/C18H22ClF3N4O/c1-9-11(4-5-15(19)24-9)10-2-3-12-14(6-10)26(8-18(20,21)22)17(27)13-7-23-25-16(12)13/h4-5,10,12-14,16,23,25H,2-3,6-8H2,1H3. The van der Waals surface area contributed by atoms with Crippen molar-refractivity contribution in [2.75, 3.05) is 13.1 Å². The number of piperidine rings is 1. The van der Waals surface area contributed by atoms with Crippen LogP contribution >= 0.6 is 11.6 Å². The van der Waals surface area contributed by atoms with E-state index in [1.165, 1.54) is 0 Å². The first-order valence-corrected chi connectivity index (χ1v) is 9.61. The Balaban J connectivity index is 1.63. The number of aryl methyl sites for hydroxylation is 1. The second-order valence-corrected chi connectivity index (χ2v) is 8.18. The monoisotopic (exact) mass is 402 g/mol. The van der Waals surface area contributed by atoms with E-state index in [2.05, 4.69) is 15.8 Å². The van der Waals surface area contributed by atoms with Crippen LogP contribution in [0.15, 0.2) is 12.1 Å². The van der Waals surface area contributed by atoms with Crippen LogP contribution in [-0.4, -0.2) is 47.1 Å². The molecule has 1 saturated carbocycles. The van der Waals surface area contributed by atoms with Gasteiger partial charge in [0.25, 0.3) is 0 Å². The van der Waals surface area contributed by atoms with E-state index in [-0.39, 0.29) is 17.9 Å². The van der Waals surface area contributed by atoms with E-state index < -0.39 is 30.6 Å². The van der Waals surface area contributed by atoms with E-state index in [1.807, 2.05) is 13.0 Å². The third-order valence-electron chi connectivity index (χ3n) is 6.24. The quantitative estimate of drug-likeness (QED) is 0.747. The Bertz CT molecular complexity index is 744. The number of aromatic nitrogens is 1. The molecule has 3 heterocycles. The zero-order chi connectivity index (χ0) is 19.3. The molecule has 1 aliphatic carbocycles. The van der Waals surface area contributed by atoms with Gasteiger partial charge in [-0.15, -0.1) is 0 Å². The number of pyridine rings is 1. The highest BCUT2D eigenvalue weighted by atomic mass is 35.5. The van der Waals surface area contributed by atoms with Crippen LogP contribution in [0.4, 0.5) is 13.2 Å². The summed E-state index contributed by atoms with van der Waals surface area (Å²) in [5.41, 5.74) is 7.91. The number of amides is 1. The molecule has 0 radical (unpaired) electrons. The van der Waals surface area contributed by atoms with Crippen molar-refractivity contribution in [1.82, 2.24) is 20.7 Å². The maximum absolute atomic E-state index is 13.2. The fraction of sp³-hybridized carbons (Fsp3) is 0.667. The average Bonchev–Trinajstić information content (AvgIpc) is 3.07. The van der Waals surface area contributed by atoms with Crippen molar-refractivity contribution >= 4 is 17.5 Å². The van der Waals surface area contributed by atoms with Gasteiger partial charge in [0.15, 0.2) is 0 Å². The predicted octanol–water partition coefficient (Wildman–Crippen LogP) is 2.79. The number of carbonyl (C=O) groups is 1. The predicted molar refractivity (Wildman–Crippen MR) is 94.0 cm³/mol. The van der Waals surface area contributed by atoms with Crippen LogP contribution in [-0.2, 0) is 4.79 Å². The largest absolute Gasteiger partial charge is 0.406 e. The van der Waals surface area contributed by atoms with E-state index in [0.29, 0.717) is 18.1 Å². The first-order valence-electron chi connectivity index (χ1n) is 9.23. The molecule has 2 N–H and O–H groups in total. The Morgan fingerprint density at radius 1 is 1.33 bits per heavy atom. The highest BCUT2D eigenvalue weighted by Gasteiger charge is 2.54. The minimum Gasteiger partial charge on any atom is -0.330 e. The highest BCUT2D eigenvalue weighted by molar-refractivity contribution is 6.29. The molecule has 2 saturated heterocycles. The van der Waals surface area contributed by atoms with Crippen LogP contribution in [0.25, 0.3) is 0 Å². The molecule has 2 aliphatic heterocycles. The second-order valence-electron chi connectivity index (χ2n) is 7.79. The molecule has 27 heavy (non-hydrogen) atoms. The molecule has 4 rings (SSSR count). The molecule has 5 nitrogen and oxygen atoms in total. The Kier molecular flexibility index (Phi) is 4.84. The van der Waals surface area contributed by atoms with E-state index in [1.54, 1.807) is 6.07 Å². The number of carbonyl (C=O) groups excluding carboxylic acids is 1. The summed E-state index contributed by atoms with van der Waals surface area (Å²) in [6.45, 7) is 1.07. The summed E-state index contributed by atoms with van der Waals surface area (Å²) in [4.78, 5) is 18.2. The zero-order valence-electron chi connectivity index (χ0n) is 14.9. The number of nitrogens with zero attached hydrogens (tertiary/aromatic N) is 2. The summed E-state index contributed by atoms with van der Waals surface area (Å²) in [5.74, 6) is -0.737. The number of halogens is 4. The molecule has 0 spiro atoms. The summed E-state index contributed by atoms with van der Waals surface area (Å²) < 4.78 is 39.6. The van der Waals surface area contributed by atoms with Crippen LogP contribution in [0.5, 0.6) is 0 Å². The topological polar surface area (TPSA) is 57.3 Å². The molecule has 1 aromatic rings. The van der Waals surface area contributed by atoms with Crippen molar-refractivity contribution in [3.8, 4) is 0 Å². The van der Waals surface area contributed by atoms with E-state index in [9.17, 15) is 18.0 Å². The number of fused-ring (bicyclic) bond motifs is 3. The Morgan fingerprint density at radius 3 is 2.81 bits per heavy atom. The molecule has 1 amide bonds. The summed E-state index contributed by atoms with van der Waals surface area (Å²) in [6, 6.07) is 3.10. The molecular weight excluding hydrogens is 381 g/mol. The van der Waals surface area contributed by atoms with Gasteiger partial charge < -0.3 is 4.90 Å². The smallest absolute Gasteiger partial charge is 0.330 e.